The smallest absolute Gasteiger partial charge is 0.335 e. The summed E-state index contributed by atoms with van der Waals surface area (Å²) in [6.45, 7) is 0. The van der Waals surface area contributed by atoms with E-state index in [9.17, 15) is 14.7 Å². The van der Waals surface area contributed by atoms with E-state index in [-0.39, 0.29) is 17.9 Å². The first-order chi connectivity index (χ1) is 12.1. The number of anilines is 1. The van der Waals surface area contributed by atoms with Crippen molar-refractivity contribution in [2.24, 2.45) is 0 Å². The van der Waals surface area contributed by atoms with Gasteiger partial charge in [0.1, 0.15) is 0 Å². The number of aromatic carboxylic acids is 1. The summed E-state index contributed by atoms with van der Waals surface area (Å²) in [7, 11) is 0. The van der Waals surface area contributed by atoms with Crippen LogP contribution in [0.3, 0.4) is 0 Å². The van der Waals surface area contributed by atoms with Gasteiger partial charge in [-0.15, -0.1) is 0 Å². The normalized spacial score (nSPS) is 10.2. The third-order valence-electron chi connectivity index (χ3n) is 3.87. The molecule has 0 aliphatic heterocycles. The quantitative estimate of drug-likeness (QED) is 0.735. The van der Waals surface area contributed by atoms with Crippen molar-refractivity contribution in [1.82, 2.24) is 0 Å². The fraction of sp³-hybridized carbons (Fsp3) is 0.0476. The second-order valence-corrected chi connectivity index (χ2v) is 5.63. The number of amides is 1. The van der Waals surface area contributed by atoms with Crippen molar-refractivity contribution in [3.8, 4) is 11.1 Å². The number of carboxylic acid groups (broad SMARTS) is 1. The van der Waals surface area contributed by atoms with Gasteiger partial charge in [0.2, 0.25) is 5.91 Å². The van der Waals surface area contributed by atoms with Gasteiger partial charge < -0.3 is 10.4 Å². The van der Waals surface area contributed by atoms with E-state index in [1.54, 1.807) is 18.2 Å². The topological polar surface area (TPSA) is 66.4 Å². The molecule has 0 spiro atoms. The Bertz CT molecular complexity index is 887. The molecule has 0 aliphatic carbocycles. The van der Waals surface area contributed by atoms with Crippen LogP contribution in [0.5, 0.6) is 0 Å². The van der Waals surface area contributed by atoms with Crippen LogP contribution in [-0.4, -0.2) is 17.0 Å². The molecule has 0 heterocycles. The van der Waals surface area contributed by atoms with Gasteiger partial charge in [0.15, 0.2) is 0 Å². The number of nitrogens with one attached hydrogen (secondary N) is 1. The summed E-state index contributed by atoms with van der Waals surface area (Å²) in [4.78, 5) is 23.4. The number of carbonyl (C=O) groups is 2. The van der Waals surface area contributed by atoms with Gasteiger partial charge in [-0.05, 0) is 34.9 Å². The molecule has 3 rings (SSSR count). The summed E-state index contributed by atoms with van der Waals surface area (Å²) >= 11 is 0. The van der Waals surface area contributed by atoms with Crippen LogP contribution >= 0.6 is 0 Å². The monoisotopic (exact) mass is 331 g/mol. The maximum atomic E-state index is 12.2. The maximum absolute atomic E-state index is 12.2. The molecular formula is C21H17NO3. The van der Waals surface area contributed by atoms with Crippen molar-refractivity contribution in [2.45, 2.75) is 6.42 Å². The molecule has 0 aliphatic rings. The molecule has 1 amide bonds. The van der Waals surface area contributed by atoms with E-state index in [1.165, 1.54) is 6.07 Å². The lowest BCUT2D eigenvalue weighted by molar-refractivity contribution is -0.115. The summed E-state index contributed by atoms with van der Waals surface area (Å²) in [5, 5.41) is 12.0. The van der Waals surface area contributed by atoms with Crippen molar-refractivity contribution < 1.29 is 14.7 Å². The van der Waals surface area contributed by atoms with Crippen molar-refractivity contribution >= 4 is 17.6 Å². The zero-order chi connectivity index (χ0) is 17.6. The standard InChI is InChI=1S/C21H17NO3/c23-20(14-17-8-4-5-9-19(17)21(24)25)22-18-12-10-16(11-13-18)15-6-2-1-3-7-15/h1-13H,14H2,(H,22,23)(H,24,25). The number of carbonyl (C=O) groups excluding carboxylic acids is 1. The molecule has 0 saturated carbocycles. The van der Waals surface area contributed by atoms with E-state index < -0.39 is 5.97 Å². The second-order valence-electron chi connectivity index (χ2n) is 5.63. The largest absolute Gasteiger partial charge is 0.478 e. The fourth-order valence-electron chi connectivity index (χ4n) is 2.64. The van der Waals surface area contributed by atoms with Gasteiger partial charge in [-0.2, -0.15) is 0 Å². The van der Waals surface area contributed by atoms with Crippen molar-refractivity contribution in [3.05, 3.63) is 90.0 Å². The molecule has 0 fully saturated rings. The van der Waals surface area contributed by atoms with Crippen molar-refractivity contribution in [2.75, 3.05) is 5.32 Å². The van der Waals surface area contributed by atoms with E-state index >= 15 is 0 Å². The minimum Gasteiger partial charge on any atom is -0.478 e. The van der Waals surface area contributed by atoms with Gasteiger partial charge >= 0.3 is 5.97 Å². The third kappa shape index (κ3) is 4.12. The van der Waals surface area contributed by atoms with Gasteiger partial charge in [0.05, 0.1) is 12.0 Å². The average molecular weight is 331 g/mol. The number of hydrogen-bond acceptors (Lipinski definition) is 2. The predicted molar refractivity (Wildman–Crippen MR) is 97.6 cm³/mol. The Morgan fingerprint density at radius 3 is 2.04 bits per heavy atom. The lowest BCUT2D eigenvalue weighted by atomic mass is 10.0. The van der Waals surface area contributed by atoms with Gasteiger partial charge in [-0.25, -0.2) is 4.79 Å². The minimum atomic E-state index is -1.03. The van der Waals surface area contributed by atoms with E-state index in [1.807, 2.05) is 54.6 Å². The molecule has 124 valence electrons. The molecule has 4 nitrogen and oxygen atoms in total. The molecule has 0 radical (unpaired) electrons. The van der Waals surface area contributed by atoms with Crippen LogP contribution in [0.4, 0.5) is 5.69 Å². The Labute approximate surface area is 145 Å². The van der Waals surface area contributed by atoms with Crippen LogP contribution in [0, 0.1) is 0 Å². The highest BCUT2D eigenvalue weighted by atomic mass is 16.4. The first-order valence-electron chi connectivity index (χ1n) is 7.90. The molecular weight excluding hydrogens is 314 g/mol. The number of carboxylic acids is 1. The van der Waals surface area contributed by atoms with Crippen LogP contribution in [0.1, 0.15) is 15.9 Å². The number of benzene rings is 3. The van der Waals surface area contributed by atoms with E-state index in [0.29, 0.717) is 11.3 Å². The van der Waals surface area contributed by atoms with E-state index in [4.69, 9.17) is 0 Å². The molecule has 0 aromatic heterocycles. The molecule has 4 heteroatoms. The fourth-order valence-corrected chi connectivity index (χ4v) is 2.64. The van der Waals surface area contributed by atoms with Crippen LogP contribution in [0.2, 0.25) is 0 Å². The summed E-state index contributed by atoms with van der Waals surface area (Å²) in [5.41, 5.74) is 3.49. The first-order valence-corrected chi connectivity index (χ1v) is 7.90. The van der Waals surface area contributed by atoms with Gasteiger partial charge in [0.25, 0.3) is 0 Å². The zero-order valence-electron chi connectivity index (χ0n) is 13.5. The highest BCUT2D eigenvalue weighted by molar-refractivity contribution is 5.96. The molecule has 25 heavy (non-hydrogen) atoms. The Kier molecular flexibility index (Phi) is 4.90. The molecule has 0 bridgehead atoms. The summed E-state index contributed by atoms with van der Waals surface area (Å²) in [6.07, 6.45) is 0.0168. The Balaban J connectivity index is 1.69. The van der Waals surface area contributed by atoms with Crippen molar-refractivity contribution in [1.29, 1.82) is 0 Å². The Morgan fingerprint density at radius 2 is 1.36 bits per heavy atom. The summed E-state index contributed by atoms with van der Waals surface area (Å²) in [5.74, 6) is -1.28. The van der Waals surface area contributed by atoms with Crippen LogP contribution < -0.4 is 5.32 Å². The predicted octanol–water partition coefficient (Wildman–Crippen LogP) is 4.23. The number of rotatable bonds is 5. The number of hydrogen-bond donors (Lipinski definition) is 2. The van der Waals surface area contributed by atoms with Crippen LogP contribution in [0.15, 0.2) is 78.9 Å². The zero-order valence-corrected chi connectivity index (χ0v) is 13.5. The maximum Gasteiger partial charge on any atom is 0.335 e. The molecule has 0 saturated heterocycles. The van der Waals surface area contributed by atoms with Crippen LogP contribution in [0.25, 0.3) is 11.1 Å². The molecule has 0 atom stereocenters. The highest BCUT2D eigenvalue weighted by Gasteiger charge is 2.12. The first kappa shape index (κ1) is 16.5. The summed E-state index contributed by atoms with van der Waals surface area (Å²) < 4.78 is 0. The highest BCUT2D eigenvalue weighted by Crippen LogP contribution is 2.21. The molecule has 3 aromatic rings. The van der Waals surface area contributed by atoms with Gasteiger partial charge in [0, 0.05) is 5.69 Å². The van der Waals surface area contributed by atoms with E-state index in [2.05, 4.69) is 5.32 Å². The lowest BCUT2D eigenvalue weighted by Gasteiger charge is -2.08. The van der Waals surface area contributed by atoms with Gasteiger partial charge in [-0.3, -0.25) is 4.79 Å². The molecule has 2 N–H and O–H groups in total. The van der Waals surface area contributed by atoms with Crippen molar-refractivity contribution in [3.63, 3.8) is 0 Å². The third-order valence-corrected chi connectivity index (χ3v) is 3.87. The van der Waals surface area contributed by atoms with Gasteiger partial charge in [-0.1, -0.05) is 60.7 Å². The molecule has 3 aromatic carbocycles. The average Bonchev–Trinajstić information content (AvgIpc) is 2.63. The minimum absolute atomic E-state index is 0.0168. The molecule has 0 unspecified atom stereocenters. The Hall–Kier alpha value is -3.40. The van der Waals surface area contributed by atoms with E-state index in [0.717, 1.165) is 11.1 Å². The second kappa shape index (κ2) is 7.45. The SMILES string of the molecule is O=C(Cc1ccccc1C(=O)O)Nc1ccc(-c2ccccc2)cc1. The Morgan fingerprint density at radius 1 is 0.760 bits per heavy atom. The lowest BCUT2D eigenvalue weighted by Crippen LogP contribution is -2.16. The van der Waals surface area contributed by atoms with Crippen LogP contribution in [-0.2, 0) is 11.2 Å². The summed E-state index contributed by atoms with van der Waals surface area (Å²) in [6, 6.07) is 24.0.